The number of nitrogens with one attached hydrogen (secondary N) is 1. The normalized spacial score (nSPS) is 12.3. The van der Waals surface area contributed by atoms with Crippen LogP contribution in [0.1, 0.15) is 29.8 Å². The fourth-order valence-corrected chi connectivity index (χ4v) is 2.79. The summed E-state index contributed by atoms with van der Waals surface area (Å²) in [5, 5.41) is 5.71. The number of rotatable bonds is 7. The van der Waals surface area contributed by atoms with Gasteiger partial charge in [0.1, 0.15) is 12.4 Å². The van der Waals surface area contributed by atoms with Crippen LogP contribution in [-0.2, 0) is 0 Å². The molecule has 2 aromatic rings. The maximum Gasteiger partial charge on any atom is 0.119 e. The van der Waals surface area contributed by atoms with Crippen molar-refractivity contribution in [1.82, 2.24) is 5.32 Å². The van der Waals surface area contributed by atoms with E-state index >= 15 is 0 Å². The summed E-state index contributed by atoms with van der Waals surface area (Å²) in [4.78, 5) is 1.37. The monoisotopic (exact) mass is 275 g/mol. The van der Waals surface area contributed by atoms with Crippen LogP contribution in [0.25, 0.3) is 0 Å². The van der Waals surface area contributed by atoms with Crippen LogP contribution < -0.4 is 10.1 Å². The molecule has 0 bridgehead atoms. The van der Waals surface area contributed by atoms with Gasteiger partial charge in [0.15, 0.2) is 0 Å². The largest absolute Gasteiger partial charge is 0.492 e. The quantitative estimate of drug-likeness (QED) is 0.818. The molecule has 0 spiro atoms. The molecule has 0 aliphatic heterocycles. The van der Waals surface area contributed by atoms with Crippen LogP contribution >= 0.6 is 11.3 Å². The summed E-state index contributed by atoms with van der Waals surface area (Å²) in [7, 11) is 0. The third-order valence-corrected chi connectivity index (χ3v) is 3.94. The molecule has 0 radical (unpaired) electrons. The summed E-state index contributed by atoms with van der Waals surface area (Å²) in [6.45, 7) is 6.03. The molecule has 1 N–H and O–H groups in total. The van der Waals surface area contributed by atoms with Crippen LogP contribution in [-0.4, -0.2) is 13.2 Å². The zero-order chi connectivity index (χ0) is 13.5. The SMILES string of the molecule is CCCNC(COc1ccccc1)c1ccsc1C. The number of benzene rings is 1. The second kappa shape index (κ2) is 7.31. The van der Waals surface area contributed by atoms with E-state index in [0.29, 0.717) is 6.61 Å². The maximum absolute atomic E-state index is 5.89. The number of aryl methyl sites for hydroxylation is 1. The minimum atomic E-state index is 0.270. The molecule has 0 amide bonds. The van der Waals surface area contributed by atoms with E-state index in [1.54, 1.807) is 11.3 Å². The number of thiophene rings is 1. The predicted octanol–water partition coefficient (Wildman–Crippen LogP) is 4.18. The van der Waals surface area contributed by atoms with Gasteiger partial charge in [-0.15, -0.1) is 11.3 Å². The molecule has 2 nitrogen and oxygen atoms in total. The van der Waals surface area contributed by atoms with Gasteiger partial charge in [-0.05, 0) is 49.0 Å². The molecule has 19 heavy (non-hydrogen) atoms. The molecule has 1 atom stereocenters. The van der Waals surface area contributed by atoms with Crippen molar-refractivity contribution in [3.8, 4) is 5.75 Å². The molecule has 1 unspecified atom stereocenters. The van der Waals surface area contributed by atoms with Gasteiger partial charge in [0.05, 0.1) is 6.04 Å². The highest BCUT2D eigenvalue weighted by Crippen LogP contribution is 2.23. The van der Waals surface area contributed by atoms with E-state index in [1.165, 1.54) is 10.4 Å². The highest BCUT2D eigenvalue weighted by atomic mass is 32.1. The number of hydrogen-bond donors (Lipinski definition) is 1. The highest BCUT2D eigenvalue weighted by molar-refractivity contribution is 7.10. The van der Waals surface area contributed by atoms with Crippen molar-refractivity contribution < 1.29 is 4.74 Å². The Balaban J connectivity index is 2.00. The first-order valence-electron chi connectivity index (χ1n) is 6.76. The molecule has 1 aromatic carbocycles. The Morgan fingerprint density at radius 3 is 2.63 bits per heavy atom. The van der Waals surface area contributed by atoms with Gasteiger partial charge in [0, 0.05) is 4.88 Å². The number of hydrogen-bond acceptors (Lipinski definition) is 3. The van der Waals surface area contributed by atoms with E-state index in [2.05, 4.69) is 30.6 Å². The van der Waals surface area contributed by atoms with Crippen molar-refractivity contribution in [2.24, 2.45) is 0 Å². The van der Waals surface area contributed by atoms with Gasteiger partial charge < -0.3 is 10.1 Å². The van der Waals surface area contributed by atoms with Gasteiger partial charge in [-0.2, -0.15) is 0 Å². The summed E-state index contributed by atoms with van der Waals surface area (Å²) in [5.74, 6) is 0.929. The lowest BCUT2D eigenvalue weighted by Crippen LogP contribution is -2.27. The first-order chi connectivity index (χ1) is 9.31. The highest BCUT2D eigenvalue weighted by Gasteiger charge is 2.14. The van der Waals surface area contributed by atoms with Crippen molar-refractivity contribution in [2.75, 3.05) is 13.2 Å². The average molecular weight is 275 g/mol. The molecule has 0 saturated carbocycles. The summed E-state index contributed by atoms with van der Waals surface area (Å²) >= 11 is 1.79. The van der Waals surface area contributed by atoms with E-state index in [1.807, 2.05) is 30.3 Å². The van der Waals surface area contributed by atoms with Gasteiger partial charge in [-0.3, -0.25) is 0 Å². The van der Waals surface area contributed by atoms with E-state index in [9.17, 15) is 0 Å². The molecule has 0 fully saturated rings. The first-order valence-corrected chi connectivity index (χ1v) is 7.64. The molecule has 1 aromatic heterocycles. The Morgan fingerprint density at radius 1 is 1.21 bits per heavy atom. The van der Waals surface area contributed by atoms with Gasteiger partial charge in [-0.25, -0.2) is 0 Å². The van der Waals surface area contributed by atoms with Crippen LogP contribution in [0.3, 0.4) is 0 Å². The molecule has 0 saturated heterocycles. The van der Waals surface area contributed by atoms with Crippen molar-refractivity contribution in [1.29, 1.82) is 0 Å². The van der Waals surface area contributed by atoms with Crippen LogP contribution in [0.5, 0.6) is 5.75 Å². The fraction of sp³-hybridized carbons (Fsp3) is 0.375. The lowest BCUT2D eigenvalue weighted by molar-refractivity contribution is 0.266. The molecular formula is C16H21NOS. The second-order valence-electron chi connectivity index (χ2n) is 4.56. The molecule has 0 aliphatic carbocycles. The third-order valence-electron chi connectivity index (χ3n) is 3.07. The molecule has 102 valence electrons. The predicted molar refractivity (Wildman–Crippen MR) is 82.0 cm³/mol. The molecule has 2 rings (SSSR count). The third kappa shape index (κ3) is 4.08. The molecule has 3 heteroatoms. The maximum atomic E-state index is 5.89. The Bertz CT molecular complexity index is 481. The smallest absolute Gasteiger partial charge is 0.119 e. The zero-order valence-corrected chi connectivity index (χ0v) is 12.4. The van der Waals surface area contributed by atoms with E-state index < -0.39 is 0 Å². The van der Waals surface area contributed by atoms with E-state index in [0.717, 1.165) is 18.7 Å². The van der Waals surface area contributed by atoms with Crippen LogP contribution in [0.2, 0.25) is 0 Å². The van der Waals surface area contributed by atoms with Crippen molar-refractivity contribution >= 4 is 11.3 Å². The van der Waals surface area contributed by atoms with E-state index in [-0.39, 0.29) is 6.04 Å². The Hall–Kier alpha value is -1.32. The van der Waals surface area contributed by atoms with Gasteiger partial charge in [0.25, 0.3) is 0 Å². The van der Waals surface area contributed by atoms with Gasteiger partial charge in [0.2, 0.25) is 0 Å². The van der Waals surface area contributed by atoms with Crippen LogP contribution in [0.4, 0.5) is 0 Å². The minimum absolute atomic E-state index is 0.270. The van der Waals surface area contributed by atoms with Crippen molar-refractivity contribution in [3.05, 3.63) is 52.2 Å². The van der Waals surface area contributed by atoms with Crippen molar-refractivity contribution in [3.63, 3.8) is 0 Å². The number of para-hydroxylation sites is 1. The van der Waals surface area contributed by atoms with Crippen molar-refractivity contribution in [2.45, 2.75) is 26.3 Å². The Morgan fingerprint density at radius 2 is 2.00 bits per heavy atom. The topological polar surface area (TPSA) is 21.3 Å². The summed E-state index contributed by atoms with van der Waals surface area (Å²) in [5.41, 5.74) is 1.36. The lowest BCUT2D eigenvalue weighted by atomic mass is 10.1. The Kier molecular flexibility index (Phi) is 5.43. The average Bonchev–Trinajstić information content (AvgIpc) is 2.86. The summed E-state index contributed by atoms with van der Waals surface area (Å²) < 4.78 is 5.89. The molecule has 0 aliphatic rings. The first kappa shape index (κ1) is 14.1. The van der Waals surface area contributed by atoms with Crippen LogP contribution in [0, 0.1) is 6.92 Å². The van der Waals surface area contributed by atoms with Gasteiger partial charge >= 0.3 is 0 Å². The van der Waals surface area contributed by atoms with E-state index in [4.69, 9.17) is 4.74 Å². The second-order valence-corrected chi connectivity index (χ2v) is 5.68. The Labute approximate surface area is 119 Å². The lowest BCUT2D eigenvalue weighted by Gasteiger charge is -2.19. The standard InChI is InChI=1S/C16H21NOS/c1-3-10-17-16(15-9-11-19-13(15)2)12-18-14-7-5-4-6-8-14/h4-9,11,16-17H,3,10,12H2,1-2H3. The zero-order valence-electron chi connectivity index (χ0n) is 11.6. The van der Waals surface area contributed by atoms with Crippen LogP contribution in [0.15, 0.2) is 41.8 Å². The number of ether oxygens (including phenoxy) is 1. The molecular weight excluding hydrogens is 254 g/mol. The fourth-order valence-electron chi connectivity index (χ4n) is 2.03. The molecule has 1 heterocycles. The minimum Gasteiger partial charge on any atom is -0.492 e. The van der Waals surface area contributed by atoms with Gasteiger partial charge in [-0.1, -0.05) is 25.1 Å². The summed E-state index contributed by atoms with van der Waals surface area (Å²) in [6.07, 6.45) is 1.13. The summed E-state index contributed by atoms with van der Waals surface area (Å²) in [6, 6.07) is 12.5.